The van der Waals surface area contributed by atoms with Crippen LogP contribution in [-0.2, 0) is 16.9 Å². The molecule has 0 aliphatic rings. The van der Waals surface area contributed by atoms with Crippen LogP contribution in [0, 0.1) is 0 Å². The molecular formula is C17H16N2O4S. The highest BCUT2D eigenvalue weighted by Gasteiger charge is 2.16. The summed E-state index contributed by atoms with van der Waals surface area (Å²) in [5, 5.41) is 1.15. The van der Waals surface area contributed by atoms with Crippen LogP contribution in [0.5, 0.6) is 5.75 Å². The van der Waals surface area contributed by atoms with E-state index in [0.29, 0.717) is 27.6 Å². The fraction of sp³-hybridized carbons (Fsp3) is 0.176. The molecule has 6 nitrogen and oxygen atoms in total. The van der Waals surface area contributed by atoms with Crippen LogP contribution in [0.25, 0.3) is 21.9 Å². The zero-order valence-corrected chi connectivity index (χ0v) is 14.3. The molecule has 0 fully saturated rings. The summed E-state index contributed by atoms with van der Waals surface area (Å²) < 4.78 is 30.6. The summed E-state index contributed by atoms with van der Waals surface area (Å²) in [6, 6.07) is 6.42. The van der Waals surface area contributed by atoms with Crippen molar-refractivity contribution in [2.45, 2.75) is 4.90 Å². The summed E-state index contributed by atoms with van der Waals surface area (Å²) in [6.07, 6.45) is 5.93. The first-order valence-corrected chi connectivity index (χ1v) is 9.04. The highest BCUT2D eigenvalue weighted by molar-refractivity contribution is 7.90. The average Bonchev–Trinajstić information content (AvgIpc) is 2.57. The van der Waals surface area contributed by atoms with E-state index < -0.39 is 9.84 Å². The summed E-state index contributed by atoms with van der Waals surface area (Å²) in [4.78, 5) is 16.5. The van der Waals surface area contributed by atoms with Gasteiger partial charge in [0.25, 0.3) is 5.56 Å². The molecule has 2 aromatic heterocycles. The Morgan fingerprint density at radius 1 is 1.12 bits per heavy atom. The summed E-state index contributed by atoms with van der Waals surface area (Å²) in [7, 11) is -0.204. The SMILES string of the molecule is COc1ccc(S(C)(=O)=O)cc1-c1cn(C)c(=O)c2cnccc12. The lowest BCUT2D eigenvalue weighted by Crippen LogP contribution is -2.16. The second-order valence-corrected chi connectivity index (χ2v) is 7.53. The lowest BCUT2D eigenvalue weighted by molar-refractivity contribution is 0.416. The highest BCUT2D eigenvalue weighted by atomic mass is 32.2. The average molecular weight is 344 g/mol. The summed E-state index contributed by atoms with van der Waals surface area (Å²) in [5.74, 6) is 0.527. The van der Waals surface area contributed by atoms with E-state index in [9.17, 15) is 13.2 Å². The lowest BCUT2D eigenvalue weighted by atomic mass is 10.0. The molecule has 7 heteroatoms. The molecule has 0 aliphatic heterocycles. The molecule has 124 valence electrons. The third-order valence-electron chi connectivity index (χ3n) is 3.87. The number of benzene rings is 1. The molecule has 1 aromatic carbocycles. The largest absolute Gasteiger partial charge is 0.496 e. The van der Waals surface area contributed by atoms with Crippen molar-refractivity contribution < 1.29 is 13.2 Å². The second kappa shape index (κ2) is 5.76. The topological polar surface area (TPSA) is 78.3 Å². The summed E-state index contributed by atoms with van der Waals surface area (Å²) >= 11 is 0. The zero-order valence-electron chi connectivity index (χ0n) is 13.5. The standard InChI is InChI=1S/C17H16N2O4S/c1-19-10-15(12-6-7-18-9-14(12)17(19)20)13-8-11(24(3,21)22)4-5-16(13)23-2/h4-10H,1-3H3. The molecule has 0 radical (unpaired) electrons. The van der Waals surface area contributed by atoms with E-state index in [2.05, 4.69) is 4.98 Å². The third-order valence-corrected chi connectivity index (χ3v) is 4.98. The van der Waals surface area contributed by atoms with Gasteiger partial charge in [-0.2, -0.15) is 0 Å². The number of aromatic nitrogens is 2. The number of fused-ring (bicyclic) bond motifs is 1. The molecule has 0 N–H and O–H groups in total. The normalized spacial score (nSPS) is 11.6. The lowest BCUT2D eigenvalue weighted by Gasteiger charge is -2.14. The first-order chi connectivity index (χ1) is 11.3. The van der Waals surface area contributed by atoms with Crippen LogP contribution in [0.4, 0.5) is 0 Å². The van der Waals surface area contributed by atoms with Gasteiger partial charge in [0.15, 0.2) is 9.84 Å². The molecule has 0 aliphatic carbocycles. The Morgan fingerprint density at radius 2 is 1.88 bits per heavy atom. The molecule has 0 spiro atoms. The Balaban J connectivity index is 2.44. The van der Waals surface area contributed by atoms with Crippen molar-refractivity contribution in [2.24, 2.45) is 7.05 Å². The Labute approximate surface area is 139 Å². The van der Waals surface area contributed by atoms with Gasteiger partial charge in [0.2, 0.25) is 0 Å². The maximum Gasteiger partial charge on any atom is 0.259 e. The van der Waals surface area contributed by atoms with Crippen LogP contribution in [0.2, 0.25) is 0 Å². The minimum Gasteiger partial charge on any atom is -0.496 e. The van der Waals surface area contributed by atoms with E-state index in [1.807, 2.05) is 0 Å². The smallest absolute Gasteiger partial charge is 0.259 e. The molecule has 0 unspecified atom stereocenters. The second-order valence-electron chi connectivity index (χ2n) is 5.51. The third kappa shape index (κ3) is 2.67. The Morgan fingerprint density at radius 3 is 2.54 bits per heavy atom. The fourth-order valence-electron chi connectivity index (χ4n) is 2.65. The number of methoxy groups -OCH3 is 1. The monoisotopic (exact) mass is 344 g/mol. The van der Waals surface area contributed by atoms with Crippen molar-refractivity contribution >= 4 is 20.6 Å². The van der Waals surface area contributed by atoms with Gasteiger partial charge in [-0.15, -0.1) is 0 Å². The minimum atomic E-state index is -3.37. The van der Waals surface area contributed by atoms with Crippen molar-refractivity contribution in [3.05, 3.63) is 53.2 Å². The first kappa shape index (κ1) is 16.2. The van der Waals surface area contributed by atoms with Crippen LogP contribution < -0.4 is 10.3 Å². The van der Waals surface area contributed by atoms with Crippen LogP contribution >= 0.6 is 0 Å². The number of pyridine rings is 2. The first-order valence-electron chi connectivity index (χ1n) is 7.15. The molecular weight excluding hydrogens is 328 g/mol. The van der Waals surface area contributed by atoms with Gasteiger partial charge in [0, 0.05) is 43.0 Å². The molecule has 2 heterocycles. The van der Waals surface area contributed by atoms with E-state index in [1.54, 1.807) is 37.6 Å². The Bertz CT molecular complexity index is 1100. The Kier molecular flexibility index (Phi) is 3.88. The molecule has 0 saturated carbocycles. The molecule has 0 saturated heterocycles. The molecule has 0 atom stereocenters. The van der Waals surface area contributed by atoms with Crippen LogP contribution in [0.15, 0.2) is 52.5 Å². The Hall–Kier alpha value is -2.67. The van der Waals surface area contributed by atoms with Crippen molar-refractivity contribution in [1.82, 2.24) is 9.55 Å². The van der Waals surface area contributed by atoms with E-state index in [1.165, 1.54) is 23.9 Å². The molecule has 0 bridgehead atoms. The predicted molar refractivity (Wildman–Crippen MR) is 92.1 cm³/mol. The van der Waals surface area contributed by atoms with E-state index in [0.717, 1.165) is 6.26 Å². The number of hydrogen-bond acceptors (Lipinski definition) is 5. The van der Waals surface area contributed by atoms with Gasteiger partial charge in [0.1, 0.15) is 5.75 Å². The molecule has 0 amide bonds. The van der Waals surface area contributed by atoms with Gasteiger partial charge in [-0.1, -0.05) is 0 Å². The van der Waals surface area contributed by atoms with Crippen molar-refractivity contribution in [2.75, 3.05) is 13.4 Å². The van der Waals surface area contributed by atoms with Crippen LogP contribution in [0.1, 0.15) is 0 Å². The summed E-state index contributed by atoms with van der Waals surface area (Å²) in [5.41, 5.74) is 1.14. The van der Waals surface area contributed by atoms with Gasteiger partial charge in [-0.05, 0) is 29.7 Å². The van der Waals surface area contributed by atoms with E-state index in [4.69, 9.17) is 4.74 Å². The number of rotatable bonds is 3. The fourth-order valence-corrected chi connectivity index (χ4v) is 3.30. The number of nitrogens with zero attached hydrogens (tertiary/aromatic N) is 2. The zero-order chi connectivity index (χ0) is 17.5. The quantitative estimate of drug-likeness (QED) is 0.726. The van der Waals surface area contributed by atoms with Crippen LogP contribution in [-0.4, -0.2) is 31.3 Å². The van der Waals surface area contributed by atoms with Gasteiger partial charge < -0.3 is 9.30 Å². The van der Waals surface area contributed by atoms with Crippen molar-refractivity contribution in [1.29, 1.82) is 0 Å². The predicted octanol–water partition coefficient (Wildman–Crippen LogP) is 2.01. The molecule has 3 aromatic rings. The summed E-state index contributed by atoms with van der Waals surface area (Å²) in [6.45, 7) is 0. The van der Waals surface area contributed by atoms with E-state index in [-0.39, 0.29) is 10.5 Å². The number of aryl methyl sites for hydroxylation is 1. The highest BCUT2D eigenvalue weighted by Crippen LogP contribution is 2.35. The molecule has 3 rings (SSSR count). The van der Waals surface area contributed by atoms with Gasteiger partial charge in [-0.3, -0.25) is 9.78 Å². The van der Waals surface area contributed by atoms with E-state index >= 15 is 0 Å². The molecule has 24 heavy (non-hydrogen) atoms. The maximum absolute atomic E-state index is 12.3. The van der Waals surface area contributed by atoms with Gasteiger partial charge >= 0.3 is 0 Å². The van der Waals surface area contributed by atoms with Crippen LogP contribution in [0.3, 0.4) is 0 Å². The van der Waals surface area contributed by atoms with Crippen molar-refractivity contribution in [3.8, 4) is 16.9 Å². The number of sulfone groups is 1. The maximum atomic E-state index is 12.3. The number of ether oxygens (including phenoxy) is 1. The minimum absolute atomic E-state index is 0.167. The van der Waals surface area contributed by atoms with Crippen molar-refractivity contribution in [3.63, 3.8) is 0 Å². The number of hydrogen-bond donors (Lipinski definition) is 0. The van der Waals surface area contributed by atoms with Gasteiger partial charge in [0.05, 0.1) is 17.4 Å². The van der Waals surface area contributed by atoms with Gasteiger partial charge in [-0.25, -0.2) is 8.42 Å².